The molecular formula is C22H25Cl3O7S. The summed E-state index contributed by atoms with van der Waals surface area (Å²) in [5, 5.41) is 0.245. The molecule has 0 spiro atoms. The van der Waals surface area contributed by atoms with E-state index in [1.165, 1.54) is 43.3 Å². The molecule has 11 heteroatoms. The third-order valence-electron chi connectivity index (χ3n) is 4.33. The second kappa shape index (κ2) is 12.7. The van der Waals surface area contributed by atoms with Gasteiger partial charge in [-0.2, -0.15) is 0 Å². The van der Waals surface area contributed by atoms with Gasteiger partial charge in [0.15, 0.2) is 0 Å². The standard InChI is InChI=1S/C22H25Cl3O7S/c1-14(11-29-3)12-30-21-6-4-17(8-19(21)24)33(27,28)18-5-7-22(20(25)9-18)31-13-16(10-23)32-15(2)26/h4-9,14,16H,10-13H2,1-3H3/t14-,16-/m1/s1. The second-order valence-electron chi connectivity index (χ2n) is 7.26. The van der Waals surface area contributed by atoms with E-state index in [0.717, 1.165) is 0 Å². The van der Waals surface area contributed by atoms with Gasteiger partial charge in [0, 0.05) is 20.0 Å². The minimum absolute atomic E-state index is 0.00779. The van der Waals surface area contributed by atoms with Gasteiger partial charge in [-0.15, -0.1) is 11.6 Å². The first-order chi connectivity index (χ1) is 15.6. The van der Waals surface area contributed by atoms with Gasteiger partial charge < -0.3 is 18.9 Å². The number of carbonyl (C=O) groups excluding carboxylic acids is 1. The predicted molar refractivity (Wildman–Crippen MR) is 127 cm³/mol. The fourth-order valence-electron chi connectivity index (χ4n) is 2.76. The Balaban J connectivity index is 2.15. The van der Waals surface area contributed by atoms with Gasteiger partial charge in [-0.1, -0.05) is 30.1 Å². The van der Waals surface area contributed by atoms with Crippen molar-refractivity contribution in [1.29, 1.82) is 0 Å². The summed E-state index contributed by atoms with van der Waals surface area (Å²) in [6.45, 7) is 4.09. The molecule has 0 fully saturated rings. The number of hydrogen-bond acceptors (Lipinski definition) is 7. The highest BCUT2D eigenvalue weighted by atomic mass is 35.5. The maximum absolute atomic E-state index is 13.1. The smallest absolute Gasteiger partial charge is 0.303 e. The van der Waals surface area contributed by atoms with Crippen LogP contribution < -0.4 is 9.47 Å². The van der Waals surface area contributed by atoms with Crippen LogP contribution in [0.25, 0.3) is 0 Å². The summed E-state index contributed by atoms with van der Waals surface area (Å²) in [4.78, 5) is 11.0. The molecule has 0 bridgehead atoms. The summed E-state index contributed by atoms with van der Waals surface area (Å²) >= 11 is 18.2. The zero-order chi connectivity index (χ0) is 24.6. The van der Waals surface area contributed by atoms with Gasteiger partial charge in [0.05, 0.1) is 38.9 Å². The number of esters is 1. The van der Waals surface area contributed by atoms with Crippen molar-refractivity contribution in [2.45, 2.75) is 29.7 Å². The minimum atomic E-state index is -3.90. The molecule has 0 saturated heterocycles. The molecule has 0 aromatic heterocycles. The largest absolute Gasteiger partial charge is 0.492 e. The van der Waals surface area contributed by atoms with Crippen LogP contribution in [0.5, 0.6) is 11.5 Å². The third kappa shape index (κ3) is 7.93. The minimum Gasteiger partial charge on any atom is -0.492 e. The number of hydrogen-bond donors (Lipinski definition) is 0. The van der Waals surface area contributed by atoms with Crippen LogP contribution in [-0.2, 0) is 24.1 Å². The predicted octanol–water partition coefficient (Wildman–Crippen LogP) is 5.04. The van der Waals surface area contributed by atoms with Crippen molar-refractivity contribution in [3.8, 4) is 11.5 Å². The number of methoxy groups -OCH3 is 1. The van der Waals surface area contributed by atoms with Crippen LogP contribution in [0.1, 0.15) is 13.8 Å². The van der Waals surface area contributed by atoms with Crippen LogP contribution in [0, 0.1) is 5.92 Å². The van der Waals surface area contributed by atoms with Gasteiger partial charge in [-0.3, -0.25) is 4.79 Å². The SMILES string of the molecule is COC[C@@H](C)COc1ccc(S(=O)(=O)c2ccc(OC[C@@H](CCl)OC(C)=O)c(Cl)c2)cc1Cl. The maximum Gasteiger partial charge on any atom is 0.303 e. The van der Waals surface area contributed by atoms with Crippen molar-refractivity contribution in [1.82, 2.24) is 0 Å². The average molecular weight is 540 g/mol. The summed E-state index contributed by atoms with van der Waals surface area (Å²) in [5.74, 6) is 0.296. The Morgan fingerprint density at radius 2 is 1.45 bits per heavy atom. The summed E-state index contributed by atoms with van der Waals surface area (Å²) in [6, 6.07) is 8.32. The average Bonchev–Trinajstić information content (AvgIpc) is 2.76. The van der Waals surface area contributed by atoms with Crippen LogP contribution in [0.4, 0.5) is 0 Å². The molecule has 0 heterocycles. The molecule has 0 N–H and O–H groups in total. The van der Waals surface area contributed by atoms with Gasteiger partial charge in [-0.25, -0.2) is 8.42 Å². The fourth-order valence-corrected chi connectivity index (χ4v) is 4.82. The van der Waals surface area contributed by atoms with Gasteiger partial charge in [0.25, 0.3) is 0 Å². The van der Waals surface area contributed by atoms with Crippen LogP contribution in [0.15, 0.2) is 46.2 Å². The van der Waals surface area contributed by atoms with Gasteiger partial charge in [0.2, 0.25) is 9.84 Å². The number of alkyl halides is 1. The van der Waals surface area contributed by atoms with E-state index in [1.807, 2.05) is 6.92 Å². The zero-order valence-corrected chi connectivity index (χ0v) is 21.4. The molecule has 2 aromatic carbocycles. The van der Waals surface area contributed by atoms with Crippen molar-refractivity contribution in [3.05, 3.63) is 46.4 Å². The third-order valence-corrected chi connectivity index (χ3v) is 7.02. The quantitative estimate of drug-likeness (QED) is 0.276. The Kier molecular flexibility index (Phi) is 10.6. The van der Waals surface area contributed by atoms with Crippen LogP contribution >= 0.6 is 34.8 Å². The number of halogens is 3. The first-order valence-electron chi connectivity index (χ1n) is 9.90. The topological polar surface area (TPSA) is 88.1 Å². The van der Waals surface area contributed by atoms with Crippen molar-refractivity contribution in [3.63, 3.8) is 0 Å². The van der Waals surface area contributed by atoms with E-state index >= 15 is 0 Å². The fraction of sp³-hybridized carbons (Fsp3) is 0.409. The Morgan fingerprint density at radius 3 is 1.88 bits per heavy atom. The first-order valence-corrected chi connectivity index (χ1v) is 12.7. The Hall–Kier alpha value is -1.71. The molecule has 0 radical (unpaired) electrons. The normalized spacial score (nSPS) is 13.3. The van der Waals surface area contributed by atoms with Crippen molar-refractivity contribution >= 4 is 50.6 Å². The van der Waals surface area contributed by atoms with Crippen LogP contribution in [0.2, 0.25) is 10.0 Å². The summed E-state index contributed by atoms with van der Waals surface area (Å²) in [7, 11) is -2.29. The molecular weight excluding hydrogens is 515 g/mol. The molecule has 2 rings (SSSR count). The maximum atomic E-state index is 13.1. The number of carbonyl (C=O) groups is 1. The summed E-state index contributed by atoms with van der Waals surface area (Å²) in [5.41, 5.74) is 0. The van der Waals surface area contributed by atoms with Gasteiger partial charge in [0.1, 0.15) is 24.2 Å². The van der Waals surface area contributed by atoms with E-state index in [2.05, 4.69) is 0 Å². The van der Waals surface area contributed by atoms with E-state index in [0.29, 0.717) is 19.0 Å². The Bertz CT molecular complexity index is 1060. The molecule has 0 aliphatic rings. The molecule has 182 valence electrons. The van der Waals surface area contributed by atoms with Crippen LogP contribution in [0.3, 0.4) is 0 Å². The summed E-state index contributed by atoms with van der Waals surface area (Å²) in [6.07, 6.45) is -0.663. The van der Waals surface area contributed by atoms with Gasteiger partial charge >= 0.3 is 5.97 Å². The number of sulfone groups is 1. The van der Waals surface area contributed by atoms with E-state index in [-0.39, 0.29) is 44.0 Å². The van der Waals surface area contributed by atoms with Crippen molar-refractivity contribution in [2.24, 2.45) is 5.92 Å². The first kappa shape index (κ1) is 27.5. The molecule has 2 aromatic rings. The van der Waals surface area contributed by atoms with Crippen LogP contribution in [-0.4, -0.2) is 53.3 Å². The Labute approximate surface area is 208 Å². The lowest BCUT2D eigenvalue weighted by atomic mass is 10.2. The van der Waals surface area contributed by atoms with E-state index < -0.39 is 21.9 Å². The highest BCUT2D eigenvalue weighted by Gasteiger charge is 2.21. The second-order valence-corrected chi connectivity index (χ2v) is 10.3. The summed E-state index contributed by atoms with van der Waals surface area (Å²) < 4.78 is 47.4. The molecule has 33 heavy (non-hydrogen) atoms. The highest BCUT2D eigenvalue weighted by Crippen LogP contribution is 2.33. The van der Waals surface area contributed by atoms with Crippen molar-refractivity contribution in [2.75, 3.05) is 32.8 Å². The van der Waals surface area contributed by atoms with Gasteiger partial charge in [-0.05, 0) is 36.4 Å². The molecule has 0 aliphatic heterocycles. The lowest BCUT2D eigenvalue weighted by Gasteiger charge is -2.16. The molecule has 0 unspecified atom stereocenters. The Morgan fingerprint density at radius 1 is 0.939 bits per heavy atom. The molecule has 2 atom stereocenters. The molecule has 0 saturated carbocycles. The lowest BCUT2D eigenvalue weighted by molar-refractivity contribution is -0.146. The monoisotopic (exact) mass is 538 g/mol. The lowest BCUT2D eigenvalue weighted by Crippen LogP contribution is -2.25. The van der Waals surface area contributed by atoms with E-state index in [1.54, 1.807) is 7.11 Å². The zero-order valence-electron chi connectivity index (χ0n) is 18.3. The number of rotatable bonds is 12. The van der Waals surface area contributed by atoms with E-state index in [4.69, 9.17) is 53.8 Å². The van der Waals surface area contributed by atoms with E-state index in [9.17, 15) is 13.2 Å². The molecule has 7 nitrogen and oxygen atoms in total. The molecule has 0 amide bonds. The van der Waals surface area contributed by atoms with Crippen molar-refractivity contribution < 1.29 is 32.2 Å². The highest BCUT2D eigenvalue weighted by molar-refractivity contribution is 7.91. The molecule has 0 aliphatic carbocycles. The number of benzene rings is 2. The number of ether oxygens (including phenoxy) is 4.